The van der Waals surface area contributed by atoms with Crippen LogP contribution in [0.2, 0.25) is 0 Å². The normalized spacial score (nSPS) is 34.4. The third-order valence-corrected chi connectivity index (χ3v) is 4.67. The van der Waals surface area contributed by atoms with Gasteiger partial charge in [0.05, 0.1) is 0 Å². The third-order valence-electron chi connectivity index (χ3n) is 4.67. The van der Waals surface area contributed by atoms with Crippen LogP contribution in [0.5, 0.6) is 0 Å². The fourth-order valence-corrected chi connectivity index (χ4v) is 3.03. The zero-order valence-corrected chi connectivity index (χ0v) is 10.3. The van der Waals surface area contributed by atoms with E-state index in [1.165, 1.54) is 12.8 Å². The zero-order chi connectivity index (χ0) is 10.9. The lowest BCUT2D eigenvalue weighted by molar-refractivity contribution is -0.0309. The van der Waals surface area contributed by atoms with Crippen LogP contribution < -0.4 is 0 Å². The lowest BCUT2D eigenvalue weighted by Gasteiger charge is -2.52. The van der Waals surface area contributed by atoms with Crippen molar-refractivity contribution in [2.75, 3.05) is 0 Å². The molecule has 0 heterocycles. The molecule has 0 aromatic carbocycles. The molecule has 0 saturated heterocycles. The molecule has 1 saturated carbocycles. The summed E-state index contributed by atoms with van der Waals surface area (Å²) in [5, 5.41) is 0. The maximum Gasteiger partial charge on any atom is 0.0225 e. The first-order valence-electron chi connectivity index (χ1n) is 5.91. The first-order valence-corrected chi connectivity index (χ1v) is 5.91. The molecule has 0 N–H and O–H groups in total. The molecule has 0 aromatic rings. The Morgan fingerprint density at radius 3 is 2.43 bits per heavy atom. The molecule has 1 aliphatic carbocycles. The van der Waals surface area contributed by atoms with E-state index in [1.807, 2.05) is 0 Å². The van der Waals surface area contributed by atoms with E-state index in [9.17, 15) is 0 Å². The van der Waals surface area contributed by atoms with Crippen molar-refractivity contribution < 1.29 is 0 Å². The van der Waals surface area contributed by atoms with E-state index >= 15 is 0 Å². The molecule has 1 rings (SSSR count). The van der Waals surface area contributed by atoms with Crippen LogP contribution in [0.1, 0.15) is 47.5 Å². The standard InChI is InChI=1S/C14H24/c1-7-11(4)14(5,6)13-9-10(3)12(13)8-2/h1,10-13H,8-9H2,2-6H3. The predicted octanol–water partition coefficient (Wildman–Crippen LogP) is 3.96. The van der Waals surface area contributed by atoms with Crippen LogP contribution in [0.3, 0.4) is 0 Å². The molecule has 1 fully saturated rings. The van der Waals surface area contributed by atoms with Gasteiger partial charge in [-0.25, -0.2) is 0 Å². The number of terminal acetylenes is 1. The second-order valence-corrected chi connectivity index (χ2v) is 5.60. The first-order chi connectivity index (χ1) is 6.45. The fourth-order valence-electron chi connectivity index (χ4n) is 3.03. The lowest BCUT2D eigenvalue weighted by Crippen LogP contribution is -2.46. The van der Waals surface area contributed by atoms with Gasteiger partial charge in [-0.05, 0) is 29.6 Å². The van der Waals surface area contributed by atoms with Gasteiger partial charge in [0.2, 0.25) is 0 Å². The molecule has 80 valence electrons. The maximum absolute atomic E-state index is 5.55. The van der Waals surface area contributed by atoms with Gasteiger partial charge in [0.15, 0.2) is 0 Å². The quantitative estimate of drug-likeness (QED) is 0.594. The Bertz CT molecular complexity index is 231. The van der Waals surface area contributed by atoms with Crippen molar-refractivity contribution in [1.29, 1.82) is 0 Å². The van der Waals surface area contributed by atoms with Crippen LogP contribution in [0, 0.1) is 41.4 Å². The minimum absolute atomic E-state index is 0.321. The molecule has 4 unspecified atom stereocenters. The second kappa shape index (κ2) is 3.97. The average Bonchev–Trinajstić information content (AvgIpc) is 2.13. The Kier molecular flexibility index (Phi) is 3.30. The minimum atomic E-state index is 0.321. The number of rotatable bonds is 3. The summed E-state index contributed by atoms with van der Waals surface area (Å²) in [6.45, 7) is 11.6. The van der Waals surface area contributed by atoms with Crippen LogP contribution in [-0.2, 0) is 0 Å². The van der Waals surface area contributed by atoms with Crippen molar-refractivity contribution in [1.82, 2.24) is 0 Å². The number of hydrogen-bond acceptors (Lipinski definition) is 0. The van der Waals surface area contributed by atoms with E-state index < -0.39 is 0 Å². The van der Waals surface area contributed by atoms with Gasteiger partial charge in [0.1, 0.15) is 0 Å². The Balaban J connectivity index is 2.71. The summed E-state index contributed by atoms with van der Waals surface area (Å²) in [5.41, 5.74) is 0.321. The fraction of sp³-hybridized carbons (Fsp3) is 0.857. The van der Waals surface area contributed by atoms with Gasteiger partial charge in [-0.3, -0.25) is 0 Å². The molecule has 4 atom stereocenters. The SMILES string of the molecule is C#CC(C)C(C)(C)C1CC(C)C1CC. The van der Waals surface area contributed by atoms with Crippen molar-refractivity contribution in [3.8, 4) is 12.3 Å². The summed E-state index contributed by atoms with van der Waals surface area (Å²) in [6.07, 6.45) is 8.23. The molecule has 1 aliphatic rings. The van der Waals surface area contributed by atoms with Crippen LogP contribution in [0.15, 0.2) is 0 Å². The number of hydrogen-bond donors (Lipinski definition) is 0. The first kappa shape index (κ1) is 11.6. The third kappa shape index (κ3) is 1.70. The van der Waals surface area contributed by atoms with E-state index in [-0.39, 0.29) is 0 Å². The minimum Gasteiger partial charge on any atom is -0.120 e. The highest BCUT2D eigenvalue weighted by Gasteiger charge is 2.47. The van der Waals surface area contributed by atoms with Gasteiger partial charge in [-0.1, -0.05) is 41.0 Å². The highest BCUT2D eigenvalue weighted by atomic mass is 14.5. The van der Waals surface area contributed by atoms with Gasteiger partial charge in [-0.2, -0.15) is 0 Å². The van der Waals surface area contributed by atoms with Crippen LogP contribution in [0.4, 0.5) is 0 Å². The van der Waals surface area contributed by atoms with Gasteiger partial charge in [-0.15, -0.1) is 12.3 Å². The molecule has 0 amide bonds. The van der Waals surface area contributed by atoms with E-state index in [0.29, 0.717) is 11.3 Å². The molecule has 0 aliphatic heterocycles. The Hall–Kier alpha value is -0.440. The van der Waals surface area contributed by atoms with Gasteiger partial charge >= 0.3 is 0 Å². The van der Waals surface area contributed by atoms with Crippen LogP contribution >= 0.6 is 0 Å². The Labute approximate surface area is 89.5 Å². The summed E-state index contributed by atoms with van der Waals surface area (Å²) in [6, 6.07) is 0. The van der Waals surface area contributed by atoms with Crippen molar-refractivity contribution >= 4 is 0 Å². The predicted molar refractivity (Wildman–Crippen MR) is 62.8 cm³/mol. The largest absolute Gasteiger partial charge is 0.120 e. The topological polar surface area (TPSA) is 0 Å². The van der Waals surface area contributed by atoms with E-state index in [0.717, 1.165) is 17.8 Å². The van der Waals surface area contributed by atoms with Gasteiger partial charge < -0.3 is 0 Å². The molecule has 0 aromatic heterocycles. The molecule has 0 spiro atoms. The molecule has 0 heteroatoms. The van der Waals surface area contributed by atoms with Crippen molar-refractivity contribution in [3.63, 3.8) is 0 Å². The Morgan fingerprint density at radius 2 is 2.07 bits per heavy atom. The molecular weight excluding hydrogens is 168 g/mol. The van der Waals surface area contributed by atoms with Crippen LogP contribution in [-0.4, -0.2) is 0 Å². The van der Waals surface area contributed by atoms with E-state index in [2.05, 4.69) is 40.5 Å². The molecular formula is C14H24. The highest BCUT2D eigenvalue weighted by molar-refractivity contribution is 5.04. The summed E-state index contributed by atoms with van der Waals surface area (Å²) in [5.74, 6) is 5.97. The van der Waals surface area contributed by atoms with Gasteiger partial charge in [0, 0.05) is 5.92 Å². The lowest BCUT2D eigenvalue weighted by atomic mass is 9.52. The summed E-state index contributed by atoms with van der Waals surface area (Å²) in [4.78, 5) is 0. The highest BCUT2D eigenvalue weighted by Crippen LogP contribution is 2.53. The van der Waals surface area contributed by atoms with Crippen molar-refractivity contribution in [2.24, 2.45) is 29.1 Å². The van der Waals surface area contributed by atoms with Crippen molar-refractivity contribution in [3.05, 3.63) is 0 Å². The second-order valence-electron chi connectivity index (χ2n) is 5.60. The molecule has 0 radical (unpaired) electrons. The smallest absolute Gasteiger partial charge is 0.0225 e. The summed E-state index contributed by atoms with van der Waals surface area (Å²) in [7, 11) is 0. The van der Waals surface area contributed by atoms with E-state index in [4.69, 9.17) is 6.42 Å². The van der Waals surface area contributed by atoms with Gasteiger partial charge in [0.25, 0.3) is 0 Å². The summed E-state index contributed by atoms with van der Waals surface area (Å²) >= 11 is 0. The Morgan fingerprint density at radius 1 is 1.50 bits per heavy atom. The van der Waals surface area contributed by atoms with Crippen LogP contribution in [0.25, 0.3) is 0 Å². The zero-order valence-electron chi connectivity index (χ0n) is 10.3. The molecule has 0 nitrogen and oxygen atoms in total. The average molecular weight is 192 g/mol. The molecule has 0 bridgehead atoms. The maximum atomic E-state index is 5.55. The molecule has 14 heavy (non-hydrogen) atoms. The monoisotopic (exact) mass is 192 g/mol. The van der Waals surface area contributed by atoms with E-state index in [1.54, 1.807) is 0 Å². The van der Waals surface area contributed by atoms with Crippen molar-refractivity contribution in [2.45, 2.75) is 47.5 Å². The summed E-state index contributed by atoms with van der Waals surface area (Å²) < 4.78 is 0.